The molecule has 0 saturated carbocycles. The van der Waals surface area contributed by atoms with Gasteiger partial charge in [-0.2, -0.15) is 0 Å². The van der Waals surface area contributed by atoms with Crippen LogP contribution >= 0.6 is 0 Å². The van der Waals surface area contributed by atoms with E-state index < -0.39 is 9.84 Å². The van der Waals surface area contributed by atoms with Crippen molar-refractivity contribution in [3.63, 3.8) is 0 Å². The van der Waals surface area contributed by atoms with E-state index in [0.717, 1.165) is 25.1 Å². The Morgan fingerprint density at radius 1 is 1.48 bits per heavy atom. The number of nitrogens with one attached hydrogen (secondary N) is 1. The van der Waals surface area contributed by atoms with E-state index in [1.54, 1.807) is 4.68 Å². The quantitative estimate of drug-likeness (QED) is 0.870. The Balaban J connectivity index is 2.06. The lowest BCUT2D eigenvalue weighted by Crippen LogP contribution is -2.41. The van der Waals surface area contributed by atoms with Gasteiger partial charge in [-0.3, -0.25) is 4.68 Å². The molecule has 2 rings (SSSR count). The third-order valence-corrected chi connectivity index (χ3v) is 5.74. The maximum Gasteiger partial charge on any atom is 0.150 e. The van der Waals surface area contributed by atoms with Gasteiger partial charge >= 0.3 is 0 Å². The Hall–Kier alpha value is -0.950. The van der Waals surface area contributed by atoms with E-state index in [9.17, 15) is 8.42 Å². The summed E-state index contributed by atoms with van der Waals surface area (Å²) < 4.78 is 25.2. The van der Waals surface area contributed by atoms with Crippen LogP contribution in [0.2, 0.25) is 0 Å². The Morgan fingerprint density at radius 3 is 2.67 bits per heavy atom. The molecule has 1 aliphatic rings. The summed E-state index contributed by atoms with van der Waals surface area (Å²) in [4.78, 5) is 0. The standard InChI is InChI=1S/C14H26N4O2S/c1-14(2,3)15-8-12(7-13-9-18(4)17-16-13)11-5-6-21(19,20)10-11/h9,11-12,15H,5-8,10H2,1-4H3. The second-order valence-corrected chi connectivity index (χ2v) is 9.37. The summed E-state index contributed by atoms with van der Waals surface area (Å²) in [6.45, 7) is 7.17. The summed E-state index contributed by atoms with van der Waals surface area (Å²) in [6, 6.07) is 0. The fourth-order valence-electron chi connectivity index (χ4n) is 2.80. The Kier molecular flexibility index (Phi) is 4.72. The molecule has 2 atom stereocenters. The summed E-state index contributed by atoms with van der Waals surface area (Å²) in [5.41, 5.74) is 0.959. The molecule has 0 aliphatic carbocycles. The Bertz CT molecular complexity index is 574. The summed E-state index contributed by atoms with van der Waals surface area (Å²) >= 11 is 0. The van der Waals surface area contributed by atoms with Gasteiger partial charge in [0.2, 0.25) is 0 Å². The highest BCUT2D eigenvalue weighted by molar-refractivity contribution is 7.91. The van der Waals surface area contributed by atoms with Gasteiger partial charge in [0.1, 0.15) is 0 Å². The smallest absolute Gasteiger partial charge is 0.150 e. The topological polar surface area (TPSA) is 76.9 Å². The molecule has 2 heterocycles. The average Bonchev–Trinajstić information content (AvgIpc) is 2.89. The number of aromatic nitrogens is 3. The van der Waals surface area contributed by atoms with E-state index in [1.807, 2.05) is 13.2 Å². The van der Waals surface area contributed by atoms with Crippen LogP contribution < -0.4 is 5.32 Å². The van der Waals surface area contributed by atoms with Crippen molar-refractivity contribution in [1.29, 1.82) is 0 Å². The van der Waals surface area contributed by atoms with Crippen molar-refractivity contribution in [3.8, 4) is 0 Å². The summed E-state index contributed by atoms with van der Waals surface area (Å²) in [5.74, 6) is 1.12. The maximum absolute atomic E-state index is 11.8. The zero-order chi connectivity index (χ0) is 15.7. The van der Waals surface area contributed by atoms with Crippen LogP contribution in [0.3, 0.4) is 0 Å². The monoisotopic (exact) mass is 314 g/mol. The van der Waals surface area contributed by atoms with E-state index in [0.29, 0.717) is 11.5 Å². The lowest BCUT2D eigenvalue weighted by atomic mass is 9.87. The van der Waals surface area contributed by atoms with Gasteiger partial charge < -0.3 is 5.32 Å². The molecule has 21 heavy (non-hydrogen) atoms. The number of hydrogen-bond acceptors (Lipinski definition) is 5. The molecular weight excluding hydrogens is 288 g/mol. The van der Waals surface area contributed by atoms with Gasteiger partial charge in [-0.1, -0.05) is 5.21 Å². The molecule has 1 saturated heterocycles. The van der Waals surface area contributed by atoms with Gasteiger partial charge in [0.15, 0.2) is 9.84 Å². The van der Waals surface area contributed by atoms with Gasteiger partial charge in [0.05, 0.1) is 17.2 Å². The molecule has 1 aliphatic heterocycles. The van der Waals surface area contributed by atoms with Crippen molar-refractivity contribution in [2.45, 2.75) is 39.2 Å². The fourth-order valence-corrected chi connectivity index (χ4v) is 4.72. The van der Waals surface area contributed by atoms with Gasteiger partial charge in [-0.05, 0) is 52.0 Å². The summed E-state index contributed by atoms with van der Waals surface area (Å²) in [5, 5.41) is 11.6. The van der Waals surface area contributed by atoms with E-state index >= 15 is 0 Å². The van der Waals surface area contributed by atoms with Crippen LogP contribution in [0.5, 0.6) is 0 Å². The van der Waals surface area contributed by atoms with E-state index in [-0.39, 0.29) is 17.4 Å². The van der Waals surface area contributed by atoms with Crippen LogP contribution in [0.25, 0.3) is 0 Å². The molecule has 0 amide bonds. The first-order valence-electron chi connectivity index (χ1n) is 7.45. The molecule has 120 valence electrons. The molecular formula is C14H26N4O2S. The zero-order valence-corrected chi connectivity index (χ0v) is 14.2. The van der Waals surface area contributed by atoms with Gasteiger partial charge in [-0.15, -0.1) is 5.10 Å². The van der Waals surface area contributed by atoms with Crippen molar-refractivity contribution in [2.75, 3.05) is 18.1 Å². The first kappa shape index (κ1) is 16.4. The van der Waals surface area contributed by atoms with Gasteiger partial charge in [-0.25, -0.2) is 8.42 Å². The van der Waals surface area contributed by atoms with Crippen molar-refractivity contribution in [3.05, 3.63) is 11.9 Å². The third kappa shape index (κ3) is 5.07. The van der Waals surface area contributed by atoms with Crippen LogP contribution in [0.4, 0.5) is 0 Å². The predicted octanol–water partition coefficient (Wildman–Crippen LogP) is 0.797. The van der Waals surface area contributed by atoms with Gasteiger partial charge in [0, 0.05) is 18.8 Å². The second-order valence-electron chi connectivity index (χ2n) is 7.14. The van der Waals surface area contributed by atoms with E-state index in [4.69, 9.17) is 0 Å². The van der Waals surface area contributed by atoms with Crippen LogP contribution in [0, 0.1) is 11.8 Å². The lowest BCUT2D eigenvalue weighted by molar-refractivity contribution is 0.300. The minimum absolute atomic E-state index is 0.0259. The van der Waals surface area contributed by atoms with Crippen LogP contribution in [0.1, 0.15) is 32.9 Å². The van der Waals surface area contributed by atoms with Crippen LogP contribution in [-0.4, -0.2) is 47.0 Å². The minimum Gasteiger partial charge on any atom is -0.312 e. The second kappa shape index (κ2) is 6.04. The van der Waals surface area contributed by atoms with Crippen molar-refractivity contribution < 1.29 is 8.42 Å². The first-order valence-corrected chi connectivity index (χ1v) is 9.27. The number of aryl methyl sites for hydroxylation is 1. The van der Waals surface area contributed by atoms with E-state index in [1.165, 1.54) is 0 Å². The maximum atomic E-state index is 11.8. The average molecular weight is 314 g/mol. The fraction of sp³-hybridized carbons (Fsp3) is 0.857. The highest BCUT2D eigenvalue weighted by Crippen LogP contribution is 2.28. The molecule has 1 N–H and O–H groups in total. The molecule has 1 aromatic heterocycles. The van der Waals surface area contributed by atoms with Gasteiger partial charge in [0.25, 0.3) is 0 Å². The van der Waals surface area contributed by atoms with Crippen LogP contribution in [-0.2, 0) is 23.3 Å². The first-order chi connectivity index (χ1) is 9.65. The molecule has 7 heteroatoms. The van der Waals surface area contributed by atoms with Crippen molar-refractivity contribution in [2.24, 2.45) is 18.9 Å². The molecule has 6 nitrogen and oxygen atoms in total. The third-order valence-electron chi connectivity index (χ3n) is 3.95. The van der Waals surface area contributed by atoms with E-state index in [2.05, 4.69) is 36.4 Å². The Morgan fingerprint density at radius 2 is 2.19 bits per heavy atom. The SMILES string of the molecule is Cn1cc(CC(CNC(C)(C)C)C2CCS(=O)(=O)C2)nn1. The van der Waals surface area contributed by atoms with Crippen LogP contribution in [0.15, 0.2) is 6.20 Å². The molecule has 1 fully saturated rings. The molecule has 0 spiro atoms. The molecule has 2 unspecified atom stereocenters. The Labute approximate surface area is 127 Å². The van der Waals surface area contributed by atoms with Crippen molar-refractivity contribution in [1.82, 2.24) is 20.3 Å². The predicted molar refractivity (Wildman–Crippen MR) is 82.7 cm³/mol. The summed E-state index contributed by atoms with van der Waals surface area (Å²) in [7, 11) is -1.00. The number of nitrogens with zero attached hydrogens (tertiary/aromatic N) is 3. The minimum atomic E-state index is -2.85. The number of rotatable bonds is 5. The number of sulfone groups is 1. The molecule has 1 aromatic rings. The molecule has 0 aromatic carbocycles. The lowest BCUT2D eigenvalue weighted by Gasteiger charge is -2.28. The zero-order valence-electron chi connectivity index (χ0n) is 13.3. The molecule has 0 radical (unpaired) electrons. The molecule has 0 bridgehead atoms. The normalized spacial score (nSPS) is 23.3. The highest BCUT2D eigenvalue weighted by Gasteiger charge is 2.34. The summed E-state index contributed by atoms with van der Waals surface area (Å²) in [6.07, 6.45) is 3.45. The largest absolute Gasteiger partial charge is 0.312 e. The number of hydrogen-bond donors (Lipinski definition) is 1. The highest BCUT2D eigenvalue weighted by atomic mass is 32.2. The van der Waals surface area contributed by atoms with Crippen molar-refractivity contribution >= 4 is 9.84 Å².